The fraction of sp³-hybridized carbons (Fsp3) is 0.615. The van der Waals surface area contributed by atoms with E-state index in [0.717, 1.165) is 80.0 Å². The number of hydrogen-bond donors (Lipinski definition) is 0. The van der Waals surface area contributed by atoms with Crippen LogP contribution in [-0.2, 0) is 0 Å². The van der Waals surface area contributed by atoms with Crippen LogP contribution in [0.4, 0.5) is 0 Å². The van der Waals surface area contributed by atoms with Crippen molar-refractivity contribution in [2.24, 2.45) is 0 Å². The van der Waals surface area contributed by atoms with Gasteiger partial charge in [-0.15, -0.1) is 0 Å². The van der Waals surface area contributed by atoms with E-state index in [0.29, 0.717) is 0 Å². The lowest BCUT2D eigenvalue weighted by Crippen LogP contribution is -1.99. The van der Waals surface area contributed by atoms with Crippen LogP contribution >= 0.6 is 31.9 Å². The molecule has 0 spiro atoms. The molecule has 3 aromatic carbocycles. The zero-order valence-electron chi connectivity index (χ0n) is 36.5. The molecule has 0 bridgehead atoms. The second-order valence-electron chi connectivity index (χ2n) is 16.6. The van der Waals surface area contributed by atoms with E-state index >= 15 is 0 Å². The van der Waals surface area contributed by atoms with Crippen molar-refractivity contribution in [2.45, 2.75) is 194 Å². The first-order valence-electron chi connectivity index (χ1n) is 23.7. The number of rotatable bonds is 34. The first kappa shape index (κ1) is 48.2. The van der Waals surface area contributed by atoms with Gasteiger partial charge in [-0.25, -0.2) is 9.97 Å². The first-order valence-corrected chi connectivity index (χ1v) is 25.3. The van der Waals surface area contributed by atoms with Crippen LogP contribution in [-0.4, -0.2) is 23.2 Å². The second kappa shape index (κ2) is 30.6. The monoisotopic (exact) mass is 918 g/mol. The van der Waals surface area contributed by atoms with E-state index in [4.69, 9.17) is 19.4 Å². The lowest BCUT2D eigenvalue weighted by atomic mass is 10.0. The maximum atomic E-state index is 6.17. The summed E-state index contributed by atoms with van der Waals surface area (Å²) in [4.78, 5) is 10.4. The van der Waals surface area contributed by atoms with Gasteiger partial charge in [0, 0.05) is 20.1 Å². The Morgan fingerprint density at radius 1 is 0.345 bits per heavy atom. The highest BCUT2D eigenvalue weighted by atomic mass is 79.9. The highest BCUT2D eigenvalue weighted by molar-refractivity contribution is 9.11. The molecule has 0 radical (unpaired) electrons. The summed E-state index contributed by atoms with van der Waals surface area (Å²) in [5, 5.41) is 0. The van der Waals surface area contributed by atoms with Crippen molar-refractivity contribution in [2.75, 3.05) is 13.2 Å². The number of fused-ring (bicyclic) bond motifs is 1. The highest BCUT2D eigenvalue weighted by Gasteiger charge is 2.17. The van der Waals surface area contributed by atoms with Crippen LogP contribution in [0.5, 0.6) is 11.5 Å². The van der Waals surface area contributed by atoms with Gasteiger partial charge in [0.1, 0.15) is 22.5 Å². The normalized spacial score (nSPS) is 11.4. The maximum absolute atomic E-state index is 6.17. The fourth-order valence-electron chi connectivity index (χ4n) is 7.87. The van der Waals surface area contributed by atoms with Crippen molar-refractivity contribution in [1.82, 2.24) is 9.97 Å². The molecule has 0 unspecified atom stereocenters. The zero-order valence-corrected chi connectivity index (χ0v) is 39.6. The molecule has 0 aliphatic heterocycles. The molecular weight excluding hydrogens is 844 g/mol. The van der Waals surface area contributed by atoms with Crippen LogP contribution in [0.3, 0.4) is 0 Å². The van der Waals surface area contributed by atoms with Crippen LogP contribution < -0.4 is 9.47 Å². The molecule has 0 saturated heterocycles. The Morgan fingerprint density at radius 2 is 0.603 bits per heavy atom. The van der Waals surface area contributed by atoms with Gasteiger partial charge in [-0.1, -0.05) is 181 Å². The van der Waals surface area contributed by atoms with E-state index in [1.807, 2.05) is 12.1 Å². The van der Waals surface area contributed by atoms with Gasteiger partial charge in [-0.05, 0) is 105 Å². The van der Waals surface area contributed by atoms with Crippen LogP contribution in [0, 0.1) is 0 Å². The maximum Gasteiger partial charge on any atom is 0.119 e. The Hall–Kier alpha value is -2.44. The topological polar surface area (TPSA) is 44.2 Å². The number of benzene rings is 3. The standard InChI is InChI=1S/C52H76Br2N2O2/c1-3-5-7-9-11-13-15-17-19-21-23-25-27-29-41-57-45-35-31-43(32-36-45)49-50(56-52-48(54)40-39-47(53)51(52)55-49)44-33-37-46(38-34-44)58-42-30-28-26-24-22-20-18-16-14-12-10-8-6-4-2/h31-40H,3-30,41-42H2,1-2H3. The summed E-state index contributed by atoms with van der Waals surface area (Å²) < 4.78 is 14.2. The molecule has 4 aromatic rings. The van der Waals surface area contributed by atoms with Gasteiger partial charge in [0.2, 0.25) is 0 Å². The number of nitrogens with zero attached hydrogens (tertiary/aromatic N) is 2. The Kier molecular flexibility index (Phi) is 25.4. The average Bonchev–Trinajstić information content (AvgIpc) is 3.25. The molecule has 0 aliphatic carbocycles. The zero-order chi connectivity index (χ0) is 40.9. The van der Waals surface area contributed by atoms with Crippen LogP contribution in [0.2, 0.25) is 0 Å². The van der Waals surface area contributed by atoms with Crippen LogP contribution in [0.25, 0.3) is 33.5 Å². The third-order valence-electron chi connectivity index (χ3n) is 11.5. The molecule has 0 aliphatic rings. The number of aromatic nitrogens is 2. The van der Waals surface area contributed by atoms with Gasteiger partial charge in [-0.2, -0.15) is 0 Å². The van der Waals surface area contributed by atoms with E-state index in [1.165, 1.54) is 167 Å². The van der Waals surface area contributed by atoms with Gasteiger partial charge in [0.05, 0.1) is 24.6 Å². The summed E-state index contributed by atoms with van der Waals surface area (Å²) in [6.07, 6.45) is 38.1. The van der Waals surface area contributed by atoms with Crippen LogP contribution in [0.1, 0.15) is 194 Å². The SMILES string of the molecule is CCCCCCCCCCCCCCCCOc1ccc(-c2nc3c(Br)ccc(Br)c3nc2-c2ccc(OCCCCCCCCCCCCCCCC)cc2)cc1. The fourth-order valence-corrected chi connectivity index (χ4v) is 8.68. The molecule has 0 saturated carbocycles. The van der Waals surface area contributed by atoms with E-state index in [-0.39, 0.29) is 0 Å². The molecule has 0 N–H and O–H groups in total. The van der Waals surface area contributed by atoms with Gasteiger partial charge >= 0.3 is 0 Å². The summed E-state index contributed by atoms with van der Waals surface area (Å²) in [5.74, 6) is 1.80. The average molecular weight is 921 g/mol. The molecule has 4 nitrogen and oxygen atoms in total. The van der Waals surface area contributed by atoms with Gasteiger partial charge in [0.15, 0.2) is 0 Å². The molecule has 0 atom stereocenters. The predicted octanol–water partition coefficient (Wildman–Crippen LogP) is 18.2. The summed E-state index contributed by atoms with van der Waals surface area (Å²) in [7, 11) is 0. The van der Waals surface area contributed by atoms with E-state index in [2.05, 4.69) is 94.2 Å². The molecule has 4 rings (SSSR count). The lowest BCUT2D eigenvalue weighted by Gasteiger charge is -2.14. The number of ether oxygens (including phenoxy) is 2. The van der Waals surface area contributed by atoms with Crippen molar-refractivity contribution in [3.05, 3.63) is 69.6 Å². The van der Waals surface area contributed by atoms with Gasteiger partial charge < -0.3 is 9.47 Å². The summed E-state index contributed by atoms with van der Waals surface area (Å²) in [6, 6.07) is 20.8. The third kappa shape index (κ3) is 18.9. The molecule has 6 heteroatoms. The van der Waals surface area contributed by atoms with Crippen molar-refractivity contribution in [1.29, 1.82) is 0 Å². The predicted molar refractivity (Wildman–Crippen MR) is 257 cm³/mol. The largest absolute Gasteiger partial charge is 0.494 e. The summed E-state index contributed by atoms with van der Waals surface area (Å²) >= 11 is 7.45. The van der Waals surface area contributed by atoms with Crippen LogP contribution in [0.15, 0.2) is 69.6 Å². The Morgan fingerprint density at radius 3 is 0.879 bits per heavy atom. The minimum absolute atomic E-state index is 0.757. The molecule has 320 valence electrons. The van der Waals surface area contributed by atoms with Crippen molar-refractivity contribution >= 4 is 42.9 Å². The molecule has 0 fully saturated rings. The van der Waals surface area contributed by atoms with Crippen molar-refractivity contribution < 1.29 is 9.47 Å². The number of halogens is 2. The first-order chi connectivity index (χ1) is 28.6. The van der Waals surface area contributed by atoms with Crippen molar-refractivity contribution in [3.63, 3.8) is 0 Å². The molecular formula is C52H76Br2N2O2. The van der Waals surface area contributed by atoms with Gasteiger partial charge in [-0.3, -0.25) is 0 Å². The molecule has 0 amide bonds. The third-order valence-corrected chi connectivity index (χ3v) is 12.8. The lowest BCUT2D eigenvalue weighted by molar-refractivity contribution is 0.304. The second-order valence-corrected chi connectivity index (χ2v) is 18.3. The van der Waals surface area contributed by atoms with E-state index in [1.54, 1.807) is 0 Å². The minimum Gasteiger partial charge on any atom is -0.494 e. The minimum atomic E-state index is 0.757. The molecule has 58 heavy (non-hydrogen) atoms. The Labute approximate surface area is 370 Å². The Bertz CT molecular complexity index is 1520. The summed E-state index contributed by atoms with van der Waals surface area (Å²) in [6.45, 7) is 6.10. The molecule has 1 heterocycles. The highest BCUT2D eigenvalue weighted by Crippen LogP contribution is 2.36. The number of unbranched alkanes of at least 4 members (excludes halogenated alkanes) is 26. The quantitative estimate of drug-likeness (QED) is 0.0438. The van der Waals surface area contributed by atoms with Crippen molar-refractivity contribution in [3.8, 4) is 34.0 Å². The molecule has 1 aromatic heterocycles. The van der Waals surface area contributed by atoms with E-state index in [9.17, 15) is 0 Å². The Balaban J connectivity index is 1.18. The summed E-state index contributed by atoms with van der Waals surface area (Å²) in [5.41, 5.74) is 5.39. The van der Waals surface area contributed by atoms with Gasteiger partial charge in [0.25, 0.3) is 0 Å². The number of hydrogen-bond acceptors (Lipinski definition) is 4. The van der Waals surface area contributed by atoms with E-state index < -0.39 is 0 Å². The smallest absolute Gasteiger partial charge is 0.119 e.